The van der Waals surface area contributed by atoms with E-state index in [-0.39, 0.29) is 5.97 Å². The molecule has 94 valence electrons. The van der Waals surface area contributed by atoms with Crippen molar-refractivity contribution in [1.82, 2.24) is 0 Å². The molecule has 0 atom stereocenters. The molecule has 2 nitrogen and oxygen atoms in total. The zero-order valence-corrected chi connectivity index (χ0v) is 11.9. The number of carbonyl (C=O) groups is 1. The van der Waals surface area contributed by atoms with Gasteiger partial charge in [0, 0.05) is 5.33 Å². The maximum Gasteiger partial charge on any atom is 0.338 e. The zero-order valence-electron chi connectivity index (χ0n) is 10.3. The van der Waals surface area contributed by atoms with E-state index in [2.05, 4.69) is 22.0 Å². The fourth-order valence-corrected chi connectivity index (χ4v) is 2.46. The molecule has 0 unspecified atom stereocenters. The Hall–Kier alpha value is -1.35. The van der Waals surface area contributed by atoms with Crippen LogP contribution in [0.4, 0.5) is 0 Å². The van der Waals surface area contributed by atoms with E-state index in [1.807, 2.05) is 37.3 Å². The first kappa shape index (κ1) is 13.1. The molecule has 2 aromatic rings. The summed E-state index contributed by atoms with van der Waals surface area (Å²) in [5, 5.41) is 2.92. The minimum atomic E-state index is -0.245. The fourth-order valence-electron chi connectivity index (χ4n) is 2.00. The Kier molecular flexibility index (Phi) is 4.37. The molecule has 2 rings (SSSR count). The average Bonchev–Trinajstić information content (AvgIpc) is 2.38. The molecular formula is C15H15BrO2. The monoisotopic (exact) mass is 306 g/mol. The molecule has 3 heteroatoms. The summed E-state index contributed by atoms with van der Waals surface area (Å²) in [6.07, 6.45) is 0.900. The molecule has 0 radical (unpaired) electrons. The van der Waals surface area contributed by atoms with Crippen LogP contribution in [0.3, 0.4) is 0 Å². The van der Waals surface area contributed by atoms with E-state index in [0.29, 0.717) is 12.2 Å². The van der Waals surface area contributed by atoms with Gasteiger partial charge in [-0.2, -0.15) is 0 Å². The third-order valence-corrected chi connectivity index (χ3v) is 3.20. The number of alkyl halides is 1. The Bertz CT molecular complexity index is 563. The largest absolute Gasteiger partial charge is 0.462 e. The number of halogens is 1. The molecule has 0 aromatic heterocycles. The van der Waals surface area contributed by atoms with Gasteiger partial charge in [0.15, 0.2) is 0 Å². The van der Waals surface area contributed by atoms with Crippen molar-refractivity contribution in [2.75, 3.05) is 11.9 Å². The van der Waals surface area contributed by atoms with Gasteiger partial charge in [0.2, 0.25) is 0 Å². The Morgan fingerprint density at radius 3 is 2.78 bits per heavy atom. The van der Waals surface area contributed by atoms with Crippen LogP contribution in [0.5, 0.6) is 0 Å². The molecule has 0 N–H and O–H groups in total. The molecule has 0 fully saturated rings. The predicted molar refractivity (Wildman–Crippen MR) is 77.4 cm³/mol. The Labute approximate surface area is 115 Å². The first-order valence-electron chi connectivity index (χ1n) is 6.01. The van der Waals surface area contributed by atoms with E-state index in [1.54, 1.807) is 0 Å². The second-order valence-corrected chi connectivity index (χ2v) is 4.82. The van der Waals surface area contributed by atoms with Crippen LogP contribution in [0.15, 0.2) is 36.4 Å². The summed E-state index contributed by atoms with van der Waals surface area (Å²) < 4.78 is 5.12. The lowest BCUT2D eigenvalue weighted by molar-refractivity contribution is 0.0528. The molecule has 0 saturated heterocycles. The molecule has 0 aliphatic carbocycles. The lowest BCUT2D eigenvalue weighted by atomic mass is 10.00. The van der Waals surface area contributed by atoms with Crippen LogP contribution >= 0.6 is 15.9 Å². The highest BCUT2D eigenvalue weighted by Gasteiger charge is 2.12. The van der Waals surface area contributed by atoms with Gasteiger partial charge in [0.1, 0.15) is 0 Å². The van der Waals surface area contributed by atoms with Gasteiger partial charge in [-0.05, 0) is 35.7 Å². The summed E-state index contributed by atoms with van der Waals surface area (Å²) in [5.41, 5.74) is 1.81. The molecule has 0 spiro atoms. The van der Waals surface area contributed by atoms with Crippen molar-refractivity contribution in [2.24, 2.45) is 0 Å². The smallest absolute Gasteiger partial charge is 0.338 e. The first-order valence-corrected chi connectivity index (χ1v) is 7.13. The lowest BCUT2D eigenvalue weighted by Gasteiger charge is -2.09. The minimum Gasteiger partial charge on any atom is -0.462 e. The van der Waals surface area contributed by atoms with Crippen molar-refractivity contribution in [3.05, 3.63) is 47.5 Å². The van der Waals surface area contributed by atoms with E-state index in [0.717, 1.165) is 28.1 Å². The van der Waals surface area contributed by atoms with Gasteiger partial charge in [0.25, 0.3) is 0 Å². The number of ether oxygens (including phenoxy) is 1. The Morgan fingerprint density at radius 1 is 1.28 bits per heavy atom. The van der Waals surface area contributed by atoms with Gasteiger partial charge in [-0.3, -0.25) is 0 Å². The van der Waals surface area contributed by atoms with Crippen molar-refractivity contribution in [3.8, 4) is 0 Å². The Morgan fingerprint density at radius 2 is 2.06 bits per heavy atom. The van der Waals surface area contributed by atoms with Crippen LogP contribution in [-0.2, 0) is 11.2 Å². The Balaban J connectivity index is 2.56. The number of esters is 1. The number of carbonyl (C=O) groups excluding carboxylic acids is 1. The molecule has 0 heterocycles. The minimum absolute atomic E-state index is 0.245. The first-order chi connectivity index (χ1) is 8.76. The summed E-state index contributed by atoms with van der Waals surface area (Å²) in [5.74, 6) is -0.245. The van der Waals surface area contributed by atoms with E-state index < -0.39 is 0 Å². The SMILES string of the molecule is CCOC(=O)c1cc(CCBr)cc2ccccc12. The quantitative estimate of drug-likeness (QED) is 0.631. The summed E-state index contributed by atoms with van der Waals surface area (Å²) in [4.78, 5) is 12.0. The van der Waals surface area contributed by atoms with E-state index in [4.69, 9.17) is 4.74 Å². The summed E-state index contributed by atoms with van der Waals surface area (Å²) in [6, 6.07) is 12.0. The molecule has 0 amide bonds. The molecule has 0 bridgehead atoms. The van der Waals surface area contributed by atoms with Crippen molar-refractivity contribution in [3.63, 3.8) is 0 Å². The molecule has 18 heavy (non-hydrogen) atoms. The maximum atomic E-state index is 12.0. The van der Waals surface area contributed by atoms with Gasteiger partial charge in [0.05, 0.1) is 12.2 Å². The second-order valence-electron chi connectivity index (χ2n) is 4.02. The molecule has 2 aromatic carbocycles. The number of benzene rings is 2. The van der Waals surface area contributed by atoms with Crippen LogP contribution in [0.2, 0.25) is 0 Å². The second kappa shape index (κ2) is 6.01. The van der Waals surface area contributed by atoms with Crippen LogP contribution in [0.1, 0.15) is 22.8 Å². The average molecular weight is 307 g/mol. The van der Waals surface area contributed by atoms with Crippen molar-refractivity contribution >= 4 is 32.7 Å². The van der Waals surface area contributed by atoms with E-state index in [9.17, 15) is 4.79 Å². The van der Waals surface area contributed by atoms with Gasteiger partial charge in [-0.1, -0.05) is 46.3 Å². The topological polar surface area (TPSA) is 26.3 Å². The number of rotatable bonds is 4. The third kappa shape index (κ3) is 2.72. The van der Waals surface area contributed by atoms with Crippen LogP contribution in [-0.4, -0.2) is 17.9 Å². The maximum absolute atomic E-state index is 12.0. The summed E-state index contributed by atoms with van der Waals surface area (Å²) in [6.45, 7) is 2.22. The standard InChI is InChI=1S/C15H15BrO2/c1-2-18-15(17)14-10-11(7-8-16)9-12-5-3-4-6-13(12)14/h3-6,9-10H,2,7-8H2,1H3. The summed E-state index contributed by atoms with van der Waals surface area (Å²) in [7, 11) is 0. The number of aryl methyl sites for hydroxylation is 1. The van der Waals surface area contributed by atoms with Crippen LogP contribution in [0, 0.1) is 0 Å². The number of hydrogen-bond acceptors (Lipinski definition) is 2. The highest BCUT2D eigenvalue weighted by molar-refractivity contribution is 9.09. The number of fused-ring (bicyclic) bond motifs is 1. The fraction of sp³-hybridized carbons (Fsp3) is 0.267. The third-order valence-electron chi connectivity index (χ3n) is 2.80. The highest BCUT2D eigenvalue weighted by atomic mass is 79.9. The van der Waals surface area contributed by atoms with Crippen molar-refractivity contribution in [2.45, 2.75) is 13.3 Å². The van der Waals surface area contributed by atoms with Crippen molar-refractivity contribution in [1.29, 1.82) is 0 Å². The highest BCUT2D eigenvalue weighted by Crippen LogP contribution is 2.22. The van der Waals surface area contributed by atoms with E-state index >= 15 is 0 Å². The predicted octanol–water partition coefficient (Wildman–Crippen LogP) is 3.95. The lowest BCUT2D eigenvalue weighted by Crippen LogP contribution is -2.06. The molecule has 0 aliphatic rings. The van der Waals surface area contributed by atoms with Crippen molar-refractivity contribution < 1.29 is 9.53 Å². The summed E-state index contributed by atoms with van der Waals surface area (Å²) >= 11 is 3.43. The molecular weight excluding hydrogens is 292 g/mol. The normalized spacial score (nSPS) is 10.6. The van der Waals surface area contributed by atoms with Gasteiger partial charge in [-0.15, -0.1) is 0 Å². The van der Waals surface area contributed by atoms with Crippen LogP contribution < -0.4 is 0 Å². The number of hydrogen-bond donors (Lipinski definition) is 0. The van der Waals surface area contributed by atoms with Crippen LogP contribution in [0.25, 0.3) is 10.8 Å². The molecule has 0 aliphatic heterocycles. The van der Waals surface area contributed by atoms with E-state index in [1.165, 1.54) is 0 Å². The van der Waals surface area contributed by atoms with Gasteiger partial charge >= 0.3 is 5.97 Å². The van der Waals surface area contributed by atoms with Gasteiger partial charge < -0.3 is 4.74 Å². The zero-order chi connectivity index (χ0) is 13.0. The molecule has 0 saturated carbocycles. The van der Waals surface area contributed by atoms with Gasteiger partial charge in [-0.25, -0.2) is 4.79 Å².